The van der Waals surface area contributed by atoms with Crippen LogP contribution < -0.4 is 5.32 Å². The van der Waals surface area contributed by atoms with Crippen LogP contribution in [0.3, 0.4) is 0 Å². The minimum atomic E-state index is 0.277. The van der Waals surface area contributed by atoms with Crippen LogP contribution >= 0.6 is 11.3 Å². The first-order valence-corrected chi connectivity index (χ1v) is 7.63. The molecule has 0 saturated carbocycles. The summed E-state index contributed by atoms with van der Waals surface area (Å²) in [5, 5.41) is 7.72. The van der Waals surface area contributed by atoms with Gasteiger partial charge in [0, 0.05) is 32.2 Å². The summed E-state index contributed by atoms with van der Waals surface area (Å²) < 4.78 is 7.50. The molecule has 2 aromatic rings. The van der Waals surface area contributed by atoms with E-state index in [1.54, 1.807) is 11.3 Å². The molecular weight excluding hydrogens is 258 g/mol. The molecule has 104 valence electrons. The molecule has 0 aliphatic heterocycles. The molecule has 0 saturated heterocycles. The van der Waals surface area contributed by atoms with Crippen molar-refractivity contribution in [1.29, 1.82) is 0 Å². The Kier molecular flexibility index (Phi) is 5.42. The summed E-state index contributed by atoms with van der Waals surface area (Å²) in [6.45, 7) is 6.69. The Hall–Kier alpha value is -1.33. The van der Waals surface area contributed by atoms with Gasteiger partial charge in [-0.3, -0.25) is 0 Å². The Balaban J connectivity index is 1.88. The van der Waals surface area contributed by atoms with Crippen molar-refractivity contribution in [2.75, 3.05) is 18.5 Å². The van der Waals surface area contributed by atoms with E-state index >= 15 is 0 Å². The average molecular weight is 279 g/mol. The van der Waals surface area contributed by atoms with Gasteiger partial charge in [-0.2, -0.15) is 11.3 Å². The van der Waals surface area contributed by atoms with Gasteiger partial charge < -0.3 is 14.6 Å². The zero-order valence-corrected chi connectivity index (χ0v) is 12.3. The number of aryl methyl sites for hydroxylation is 1. The molecule has 0 spiro atoms. The third-order valence-corrected chi connectivity index (χ3v) is 3.70. The molecule has 1 atom stereocenters. The lowest BCUT2D eigenvalue weighted by Crippen LogP contribution is -2.12. The van der Waals surface area contributed by atoms with Crippen molar-refractivity contribution in [2.24, 2.45) is 0 Å². The smallest absolute Gasteiger partial charge is 0.203 e. The van der Waals surface area contributed by atoms with E-state index in [0.29, 0.717) is 0 Å². The van der Waals surface area contributed by atoms with Crippen LogP contribution in [-0.2, 0) is 11.3 Å². The molecule has 1 N–H and O–H groups in total. The van der Waals surface area contributed by atoms with Crippen molar-refractivity contribution >= 4 is 17.3 Å². The van der Waals surface area contributed by atoms with E-state index in [1.165, 1.54) is 5.56 Å². The number of hydrogen-bond donors (Lipinski definition) is 1. The highest BCUT2D eigenvalue weighted by molar-refractivity contribution is 7.07. The molecule has 0 aromatic carbocycles. The van der Waals surface area contributed by atoms with Gasteiger partial charge in [-0.05, 0) is 42.7 Å². The minimum Gasteiger partial charge on any atom is -0.382 e. The summed E-state index contributed by atoms with van der Waals surface area (Å²) in [4.78, 5) is 4.38. The lowest BCUT2D eigenvalue weighted by molar-refractivity contribution is 0.142. The summed E-state index contributed by atoms with van der Waals surface area (Å²) in [7, 11) is 0. The first-order valence-electron chi connectivity index (χ1n) is 6.68. The van der Waals surface area contributed by atoms with Gasteiger partial charge in [0.25, 0.3) is 0 Å². The highest BCUT2D eigenvalue weighted by Crippen LogP contribution is 2.20. The van der Waals surface area contributed by atoms with Crippen LogP contribution in [0.1, 0.15) is 31.9 Å². The molecule has 2 heterocycles. The summed E-state index contributed by atoms with van der Waals surface area (Å²) in [5.41, 5.74) is 1.30. The third kappa shape index (κ3) is 4.08. The monoisotopic (exact) mass is 279 g/mol. The van der Waals surface area contributed by atoms with Gasteiger partial charge in [-0.25, -0.2) is 4.98 Å². The number of hydrogen-bond acceptors (Lipinski definition) is 4. The summed E-state index contributed by atoms with van der Waals surface area (Å²) in [6.07, 6.45) is 4.85. The highest BCUT2D eigenvalue weighted by atomic mass is 32.1. The zero-order valence-electron chi connectivity index (χ0n) is 11.5. The second kappa shape index (κ2) is 7.31. The van der Waals surface area contributed by atoms with E-state index in [1.807, 2.05) is 19.3 Å². The number of aromatic nitrogens is 2. The predicted octanol–water partition coefficient (Wildman–Crippen LogP) is 3.54. The standard InChI is InChI=1S/C14H21N3OS/c1-3-18-9-4-7-17-8-6-15-14(17)16-12(2)13-5-10-19-11-13/h5-6,8,10-12H,3-4,7,9H2,1-2H3,(H,15,16). The van der Waals surface area contributed by atoms with Crippen LogP contribution in [0.2, 0.25) is 0 Å². The van der Waals surface area contributed by atoms with E-state index < -0.39 is 0 Å². The van der Waals surface area contributed by atoms with Crippen molar-refractivity contribution < 1.29 is 4.74 Å². The van der Waals surface area contributed by atoms with Gasteiger partial charge in [0.15, 0.2) is 0 Å². The molecular formula is C14H21N3OS. The molecule has 2 aromatic heterocycles. The van der Waals surface area contributed by atoms with Crippen molar-refractivity contribution in [2.45, 2.75) is 32.9 Å². The van der Waals surface area contributed by atoms with Crippen molar-refractivity contribution in [1.82, 2.24) is 9.55 Å². The first kappa shape index (κ1) is 14.1. The second-order valence-electron chi connectivity index (χ2n) is 4.42. The molecule has 0 amide bonds. The van der Waals surface area contributed by atoms with Gasteiger partial charge >= 0.3 is 0 Å². The highest BCUT2D eigenvalue weighted by Gasteiger charge is 2.09. The Morgan fingerprint density at radius 3 is 3.16 bits per heavy atom. The number of imidazole rings is 1. The Bertz CT molecular complexity index is 467. The Morgan fingerprint density at radius 2 is 2.42 bits per heavy atom. The van der Waals surface area contributed by atoms with Crippen LogP contribution in [0, 0.1) is 0 Å². The van der Waals surface area contributed by atoms with Crippen LogP contribution in [-0.4, -0.2) is 22.8 Å². The number of nitrogens with one attached hydrogen (secondary N) is 1. The van der Waals surface area contributed by atoms with Gasteiger partial charge in [-0.15, -0.1) is 0 Å². The largest absolute Gasteiger partial charge is 0.382 e. The molecule has 0 aliphatic rings. The fraction of sp³-hybridized carbons (Fsp3) is 0.500. The van der Waals surface area contributed by atoms with Crippen LogP contribution in [0.25, 0.3) is 0 Å². The summed E-state index contributed by atoms with van der Waals surface area (Å²) >= 11 is 1.72. The molecule has 2 rings (SSSR count). The quantitative estimate of drug-likeness (QED) is 0.751. The van der Waals surface area contributed by atoms with E-state index in [2.05, 4.69) is 38.6 Å². The Morgan fingerprint density at radius 1 is 1.53 bits per heavy atom. The van der Waals surface area contributed by atoms with Crippen LogP contribution in [0.15, 0.2) is 29.2 Å². The summed E-state index contributed by atoms with van der Waals surface area (Å²) in [5.74, 6) is 0.926. The predicted molar refractivity (Wildman–Crippen MR) is 79.7 cm³/mol. The fourth-order valence-corrected chi connectivity index (χ4v) is 2.66. The molecule has 0 aliphatic carbocycles. The van der Waals surface area contributed by atoms with E-state index in [-0.39, 0.29) is 6.04 Å². The first-order chi connectivity index (χ1) is 9.31. The lowest BCUT2D eigenvalue weighted by atomic mass is 10.2. The fourth-order valence-electron chi connectivity index (χ4n) is 1.91. The second-order valence-corrected chi connectivity index (χ2v) is 5.20. The molecule has 19 heavy (non-hydrogen) atoms. The molecule has 0 radical (unpaired) electrons. The van der Waals surface area contributed by atoms with Gasteiger partial charge in [0.1, 0.15) is 0 Å². The van der Waals surface area contributed by atoms with E-state index in [9.17, 15) is 0 Å². The molecule has 0 bridgehead atoms. The maximum atomic E-state index is 5.36. The Labute approximate surface area is 118 Å². The third-order valence-electron chi connectivity index (χ3n) is 3.00. The summed E-state index contributed by atoms with van der Waals surface area (Å²) in [6, 6.07) is 2.42. The van der Waals surface area contributed by atoms with Crippen molar-refractivity contribution in [3.63, 3.8) is 0 Å². The van der Waals surface area contributed by atoms with Crippen molar-refractivity contribution in [3.05, 3.63) is 34.8 Å². The minimum absolute atomic E-state index is 0.277. The van der Waals surface area contributed by atoms with Crippen LogP contribution in [0.4, 0.5) is 5.95 Å². The maximum Gasteiger partial charge on any atom is 0.203 e. The lowest BCUT2D eigenvalue weighted by Gasteiger charge is -2.15. The number of ether oxygens (including phenoxy) is 1. The number of thiophene rings is 1. The molecule has 4 nitrogen and oxygen atoms in total. The van der Waals surface area contributed by atoms with Crippen molar-refractivity contribution in [3.8, 4) is 0 Å². The number of rotatable bonds is 8. The topological polar surface area (TPSA) is 39.1 Å². The molecule has 5 heteroatoms. The van der Waals surface area contributed by atoms with E-state index in [4.69, 9.17) is 4.74 Å². The SMILES string of the molecule is CCOCCCn1ccnc1NC(C)c1ccsc1. The van der Waals surface area contributed by atoms with Gasteiger partial charge in [-0.1, -0.05) is 0 Å². The normalized spacial score (nSPS) is 12.5. The van der Waals surface area contributed by atoms with Crippen LogP contribution in [0.5, 0.6) is 0 Å². The maximum absolute atomic E-state index is 5.36. The number of nitrogens with zero attached hydrogens (tertiary/aromatic N) is 2. The van der Waals surface area contributed by atoms with Gasteiger partial charge in [0.05, 0.1) is 6.04 Å². The number of anilines is 1. The average Bonchev–Trinajstić information content (AvgIpc) is 3.06. The molecule has 1 unspecified atom stereocenters. The van der Waals surface area contributed by atoms with Gasteiger partial charge in [0.2, 0.25) is 5.95 Å². The molecule has 0 fully saturated rings. The van der Waals surface area contributed by atoms with E-state index in [0.717, 1.165) is 32.1 Å². The zero-order chi connectivity index (χ0) is 13.5.